The number of aryl methyl sites for hydroxylation is 2. The van der Waals surface area contributed by atoms with E-state index in [9.17, 15) is 4.79 Å². The highest BCUT2D eigenvalue weighted by Crippen LogP contribution is 2.35. The summed E-state index contributed by atoms with van der Waals surface area (Å²) in [6, 6.07) is 0.224. The Hall–Kier alpha value is -1.73. The minimum atomic E-state index is 0.111. The summed E-state index contributed by atoms with van der Waals surface area (Å²) in [5.41, 5.74) is 1.28. The van der Waals surface area contributed by atoms with Crippen LogP contribution in [0, 0.1) is 19.8 Å². The van der Waals surface area contributed by atoms with Gasteiger partial charge in [-0.2, -0.15) is 0 Å². The summed E-state index contributed by atoms with van der Waals surface area (Å²) < 4.78 is 0. The minimum Gasteiger partial charge on any atom is -0.356 e. The Labute approximate surface area is 171 Å². The van der Waals surface area contributed by atoms with E-state index in [0.29, 0.717) is 0 Å². The Balaban J connectivity index is 1.35. The fourth-order valence-electron chi connectivity index (χ4n) is 4.52. The maximum Gasteiger partial charge on any atom is 0.223 e. The predicted molar refractivity (Wildman–Crippen MR) is 115 cm³/mol. The molecule has 0 unspecified atom stereocenters. The van der Waals surface area contributed by atoms with Crippen LogP contribution in [0.15, 0.2) is 6.33 Å². The van der Waals surface area contributed by atoms with Gasteiger partial charge < -0.3 is 15.1 Å². The number of thiophene rings is 1. The van der Waals surface area contributed by atoms with Crippen molar-refractivity contribution >= 4 is 33.3 Å². The van der Waals surface area contributed by atoms with Gasteiger partial charge in [-0.3, -0.25) is 4.79 Å². The second-order valence-electron chi connectivity index (χ2n) is 8.34. The summed E-state index contributed by atoms with van der Waals surface area (Å²) in [5.74, 6) is 1.37. The number of carbonyl (C=O) groups excluding carboxylic acids is 1. The van der Waals surface area contributed by atoms with Gasteiger partial charge in [-0.05, 0) is 65.1 Å². The smallest absolute Gasteiger partial charge is 0.223 e. The third-order valence-corrected chi connectivity index (χ3v) is 7.35. The molecule has 0 radical (unpaired) electrons. The summed E-state index contributed by atoms with van der Waals surface area (Å²) in [6.45, 7) is 11.5. The molecule has 2 saturated heterocycles. The summed E-state index contributed by atoms with van der Waals surface area (Å²) >= 11 is 1.74. The highest BCUT2D eigenvalue weighted by atomic mass is 32.1. The van der Waals surface area contributed by atoms with Gasteiger partial charge in [-0.1, -0.05) is 0 Å². The van der Waals surface area contributed by atoms with Crippen LogP contribution in [0.1, 0.15) is 43.0 Å². The van der Waals surface area contributed by atoms with Crippen LogP contribution in [0.3, 0.4) is 0 Å². The van der Waals surface area contributed by atoms with Crippen molar-refractivity contribution in [2.75, 3.05) is 37.6 Å². The zero-order valence-electron chi connectivity index (χ0n) is 17.2. The Morgan fingerprint density at radius 1 is 1.21 bits per heavy atom. The van der Waals surface area contributed by atoms with Gasteiger partial charge in [0.25, 0.3) is 0 Å². The molecule has 0 aliphatic carbocycles. The molecule has 2 aliphatic heterocycles. The molecule has 1 atom stereocenters. The van der Waals surface area contributed by atoms with Gasteiger partial charge in [0.1, 0.15) is 17.0 Å². The van der Waals surface area contributed by atoms with E-state index < -0.39 is 0 Å². The van der Waals surface area contributed by atoms with E-state index in [2.05, 4.69) is 45.9 Å². The maximum absolute atomic E-state index is 12.7. The Morgan fingerprint density at radius 2 is 1.93 bits per heavy atom. The summed E-state index contributed by atoms with van der Waals surface area (Å²) in [7, 11) is 0. The number of piperidine rings is 1. The van der Waals surface area contributed by atoms with Crippen LogP contribution in [-0.2, 0) is 4.79 Å². The Kier molecular flexibility index (Phi) is 5.83. The first-order valence-corrected chi connectivity index (χ1v) is 11.3. The molecule has 28 heavy (non-hydrogen) atoms. The highest BCUT2D eigenvalue weighted by Gasteiger charge is 2.28. The third kappa shape index (κ3) is 4.01. The van der Waals surface area contributed by atoms with Crippen LogP contribution >= 0.6 is 11.3 Å². The molecule has 6 nitrogen and oxygen atoms in total. The molecule has 0 bridgehead atoms. The Morgan fingerprint density at radius 3 is 2.64 bits per heavy atom. The lowest BCUT2D eigenvalue weighted by molar-refractivity contribution is -0.126. The molecule has 4 rings (SSSR count). The number of hydrogen-bond donors (Lipinski definition) is 1. The first-order valence-electron chi connectivity index (χ1n) is 10.5. The van der Waals surface area contributed by atoms with Crippen molar-refractivity contribution in [3.8, 4) is 0 Å². The number of likely N-dealkylation sites (tertiary alicyclic amines) is 1. The molecule has 1 N–H and O–H groups in total. The number of hydrogen-bond acceptors (Lipinski definition) is 6. The monoisotopic (exact) mass is 401 g/mol. The summed E-state index contributed by atoms with van der Waals surface area (Å²) in [6.07, 6.45) is 6.02. The van der Waals surface area contributed by atoms with Crippen LogP contribution < -0.4 is 10.2 Å². The average Bonchev–Trinajstić information content (AvgIpc) is 3.30. The zero-order valence-corrected chi connectivity index (χ0v) is 18.0. The molecule has 152 valence electrons. The fraction of sp³-hybridized carbons (Fsp3) is 0.667. The molecular formula is C21H31N5OS. The average molecular weight is 402 g/mol. The predicted octanol–water partition coefficient (Wildman–Crippen LogP) is 3.13. The normalized spacial score (nSPS) is 20.0. The van der Waals surface area contributed by atoms with Crippen molar-refractivity contribution in [3.05, 3.63) is 16.8 Å². The molecule has 2 aromatic heterocycles. The van der Waals surface area contributed by atoms with E-state index in [-0.39, 0.29) is 17.9 Å². The molecule has 0 saturated carbocycles. The van der Waals surface area contributed by atoms with Crippen LogP contribution in [0.5, 0.6) is 0 Å². The second kappa shape index (κ2) is 8.33. The highest BCUT2D eigenvalue weighted by molar-refractivity contribution is 7.18. The van der Waals surface area contributed by atoms with Gasteiger partial charge in [0.05, 0.1) is 5.39 Å². The van der Waals surface area contributed by atoms with E-state index >= 15 is 0 Å². The number of aromatic nitrogens is 2. The number of nitrogens with one attached hydrogen (secondary N) is 1. The van der Waals surface area contributed by atoms with Gasteiger partial charge in [0, 0.05) is 36.5 Å². The van der Waals surface area contributed by atoms with Crippen molar-refractivity contribution in [2.24, 2.45) is 5.92 Å². The third-order valence-electron chi connectivity index (χ3n) is 6.23. The van der Waals surface area contributed by atoms with E-state index in [1.54, 1.807) is 17.7 Å². The fourth-order valence-corrected chi connectivity index (χ4v) is 5.51. The van der Waals surface area contributed by atoms with Crippen molar-refractivity contribution in [1.29, 1.82) is 0 Å². The molecule has 4 heterocycles. The maximum atomic E-state index is 12.7. The minimum absolute atomic E-state index is 0.111. The number of anilines is 1. The van der Waals surface area contributed by atoms with Gasteiger partial charge in [-0.25, -0.2) is 9.97 Å². The molecule has 2 fully saturated rings. The lowest BCUT2D eigenvalue weighted by Gasteiger charge is -2.33. The van der Waals surface area contributed by atoms with Gasteiger partial charge in [0.2, 0.25) is 5.91 Å². The SMILES string of the molecule is Cc1sc2ncnc(N3CCC(C(=O)N[C@H](C)CN4CCCC4)CC3)c2c1C. The van der Waals surface area contributed by atoms with Crippen LogP contribution in [0.2, 0.25) is 0 Å². The van der Waals surface area contributed by atoms with Gasteiger partial charge in [-0.15, -0.1) is 11.3 Å². The first kappa shape index (κ1) is 19.6. The van der Waals surface area contributed by atoms with Crippen LogP contribution in [0.4, 0.5) is 5.82 Å². The number of amides is 1. The number of fused-ring (bicyclic) bond motifs is 1. The molecule has 2 aromatic rings. The largest absolute Gasteiger partial charge is 0.356 e. The molecule has 1 amide bonds. The lowest BCUT2D eigenvalue weighted by Crippen LogP contribution is -2.46. The topological polar surface area (TPSA) is 61.4 Å². The van der Waals surface area contributed by atoms with E-state index in [0.717, 1.165) is 43.1 Å². The summed E-state index contributed by atoms with van der Waals surface area (Å²) in [4.78, 5) is 28.9. The molecule has 7 heteroatoms. The lowest BCUT2D eigenvalue weighted by atomic mass is 9.95. The molecule has 0 aromatic carbocycles. The van der Waals surface area contributed by atoms with Crippen molar-refractivity contribution in [2.45, 2.75) is 52.5 Å². The number of nitrogens with zero attached hydrogens (tertiary/aromatic N) is 4. The van der Waals surface area contributed by atoms with Crippen LogP contribution in [0.25, 0.3) is 10.2 Å². The van der Waals surface area contributed by atoms with Gasteiger partial charge in [0.15, 0.2) is 0 Å². The van der Waals surface area contributed by atoms with Gasteiger partial charge >= 0.3 is 0 Å². The number of carbonyl (C=O) groups is 1. The quantitative estimate of drug-likeness (QED) is 0.834. The summed E-state index contributed by atoms with van der Waals surface area (Å²) in [5, 5.41) is 4.44. The Bertz CT molecular complexity index is 837. The van der Waals surface area contributed by atoms with Crippen LogP contribution in [-0.4, -0.2) is 59.5 Å². The van der Waals surface area contributed by atoms with E-state index in [1.165, 1.54) is 41.8 Å². The molecule has 0 spiro atoms. The van der Waals surface area contributed by atoms with E-state index in [4.69, 9.17) is 0 Å². The number of rotatable bonds is 5. The second-order valence-corrected chi connectivity index (χ2v) is 9.54. The van der Waals surface area contributed by atoms with Crippen molar-refractivity contribution in [1.82, 2.24) is 20.2 Å². The zero-order chi connectivity index (χ0) is 19.7. The van der Waals surface area contributed by atoms with Crippen molar-refractivity contribution in [3.63, 3.8) is 0 Å². The standard InChI is InChI=1S/C21H31N5OS/c1-14(12-25-8-4-5-9-25)24-20(27)17-6-10-26(11-7-17)19-18-15(2)16(3)28-21(18)23-13-22-19/h13-14,17H,4-12H2,1-3H3,(H,24,27)/t14-/m1/s1. The van der Waals surface area contributed by atoms with E-state index in [1.807, 2.05) is 0 Å². The molecular weight excluding hydrogens is 370 g/mol. The molecule has 2 aliphatic rings. The first-order chi connectivity index (χ1) is 13.5. The van der Waals surface area contributed by atoms with Crippen molar-refractivity contribution < 1.29 is 4.79 Å².